The molecule has 0 unspecified atom stereocenters. The van der Waals surface area contributed by atoms with Crippen LogP contribution in [0.25, 0.3) is 5.69 Å². The van der Waals surface area contributed by atoms with E-state index in [4.69, 9.17) is 5.11 Å². The van der Waals surface area contributed by atoms with Crippen LogP contribution in [-0.4, -0.2) is 32.8 Å². The zero-order valence-electron chi connectivity index (χ0n) is 12.4. The Morgan fingerprint density at radius 2 is 2.00 bits per heavy atom. The highest BCUT2D eigenvalue weighted by Gasteiger charge is 2.17. The van der Waals surface area contributed by atoms with Crippen LogP contribution in [-0.2, 0) is 4.79 Å². The number of hydrogen-bond donors (Lipinski definition) is 2. The first-order chi connectivity index (χ1) is 10.3. The predicted octanol–water partition coefficient (Wildman–Crippen LogP) is 1.83. The first-order valence-corrected chi connectivity index (χ1v) is 6.66. The Labute approximate surface area is 126 Å². The Morgan fingerprint density at radius 1 is 1.32 bits per heavy atom. The summed E-state index contributed by atoms with van der Waals surface area (Å²) in [7, 11) is 0. The van der Waals surface area contributed by atoms with Gasteiger partial charge in [-0.15, -0.1) is 0 Å². The first kappa shape index (κ1) is 15.7. The van der Waals surface area contributed by atoms with Gasteiger partial charge in [-0.2, -0.15) is 5.10 Å². The topological polar surface area (TPSA) is 84.2 Å². The largest absolute Gasteiger partial charge is 0.480 e. The minimum Gasteiger partial charge on any atom is -0.480 e. The number of carboxylic acids is 1. The van der Waals surface area contributed by atoms with Gasteiger partial charge >= 0.3 is 5.97 Å². The second-order valence-electron chi connectivity index (χ2n) is 5.04. The molecule has 0 aliphatic heterocycles. The lowest BCUT2D eigenvalue weighted by atomic mass is 10.1. The van der Waals surface area contributed by atoms with Gasteiger partial charge in [0.25, 0.3) is 5.91 Å². The summed E-state index contributed by atoms with van der Waals surface area (Å²) in [4.78, 5) is 22.6. The molecule has 0 saturated heterocycles. The van der Waals surface area contributed by atoms with Crippen LogP contribution in [0.1, 0.15) is 28.7 Å². The lowest BCUT2D eigenvalue weighted by Crippen LogP contribution is -2.38. The zero-order valence-corrected chi connectivity index (χ0v) is 12.4. The Morgan fingerprint density at radius 3 is 2.50 bits per heavy atom. The molecule has 1 amide bonds. The summed E-state index contributed by atoms with van der Waals surface area (Å²) in [6, 6.07) is 4.70. The van der Waals surface area contributed by atoms with Crippen LogP contribution < -0.4 is 5.32 Å². The van der Waals surface area contributed by atoms with Crippen LogP contribution in [0, 0.1) is 19.7 Å². The maximum atomic E-state index is 14.2. The minimum atomic E-state index is -1.16. The van der Waals surface area contributed by atoms with E-state index in [2.05, 4.69) is 10.4 Å². The number of benzene rings is 1. The molecule has 1 aromatic heterocycles. The van der Waals surface area contributed by atoms with Gasteiger partial charge in [-0.3, -0.25) is 9.59 Å². The molecule has 116 valence electrons. The molecule has 0 spiro atoms. The maximum Gasteiger partial charge on any atom is 0.325 e. The molecule has 0 saturated carbocycles. The summed E-state index contributed by atoms with van der Waals surface area (Å²) < 4.78 is 15.7. The third-order valence-electron chi connectivity index (χ3n) is 3.17. The molecule has 0 aliphatic rings. The van der Waals surface area contributed by atoms with Gasteiger partial charge in [0.15, 0.2) is 0 Å². The van der Waals surface area contributed by atoms with Crippen molar-refractivity contribution in [2.45, 2.75) is 26.8 Å². The second kappa shape index (κ2) is 5.97. The van der Waals surface area contributed by atoms with Crippen molar-refractivity contribution in [1.82, 2.24) is 15.1 Å². The van der Waals surface area contributed by atoms with Gasteiger partial charge in [0.1, 0.15) is 17.5 Å². The number of amides is 1. The molecule has 2 rings (SSSR count). The highest BCUT2D eigenvalue weighted by atomic mass is 19.1. The quantitative estimate of drug-likeness (QED) is 0.902. The van der Waals surface area contributed by atoms with Crippen molar-refractivity contribution in [1.29, 1.82) is 0 Å². The monoisotopic (exact) mass is 305 g/mol. The third-order valence-corrected chi connectivity index (χ3v) is 3.17. The maximum absolute atomic E-state index is 14.2. The van der Waals surface area contributed by atoms with Gasteiger partial charge in [-0.1, -0.05) is 0 Å². The van der Waals surface area contributed by atoms with E-state index < -0.39 is 23.7 Å². The summed E-state index contributed by atoms with van der Waals surface area (Å²) in [5.41, 5.74) is 1.81. The molecule has 1 aromatic carbocycles. The van der Waals surface area contributed by atoms with Gasteiger partial charge < -0.3 is 10.4 Å². The average molecular weight is 305 g/mol. The van der Waals surface area contributed by atoms with E-state index in [0.717, 1.165) is 17.5 Å². The number of aliphatic carboxylic acids is 1. The molecular formula is C15H16FN3O3. The minimum absolute atomic E-state index is 0.0517. The lowest BCUT2D eigenvalue weighted by molar-refractivity contribution is -0.138. The summed E-state index contributed by atoms with van der Waals surface area (Å²) in [5, 5.41) is 15.2. The average Bonchev–Trinajstić information content (AvgIpc) is 2.77. The van der Waals surface area contributed by atoms with E-state index in [0.29, 0.717) is 0 Å². The number of hydrogen-bond acceptors (Lipinski definition) is 3. The van der Waals surface area contributed by atoms with Crippen LogP contribution in [0.4, 0.5) is 4.39 Å². The lowest BCUT2D eigenvalue weighted by Gasteiger charge is -2.11. The van der Waals surface area contributed by atoms with E-state index in [1.54, 1.807) is 13.8 Å². The smallest absolute Gasteiger partial charge is 0.325 e. The first-order valence-electron chi connectivity index (χ1n) is 6.66. The molecule has 2 aromatic rings. The number of aryl methyl sites for hydroxylation is 2. The van der Waals surface area contributed by atoms with Crippen LogP contribution in [0.3, 0.4) is 0 Å². The van der Waals surface area contributed by atoms with Gasteiger partial charge in [0, 0.05) is 11.3 Å². The van der Waals surface area contributed by atoms with Gasteiger partial charge in [0.05, 0.1) is 5.69 Å². The predicted molar refractivity (Wildman–Crippen MR) is 77.6 cm³/mol. The molecule has 0 aliphatic carbocycles. The number of carbonyl (C=O) groups is 2. The Kier molecular flexibility index (Phi) is 4.25. The van der Waals surface area contributed by atoms with E-state index in [1.165, 1.54) is 23.7 Å². The number of nitrogens with one attached hydrogen (secondary N) is 1. The highest BCUT2D eigenvalue weighted by molar-refractivity contribution is 5.96. The van der Waals surface area contributed by atoms with Crippen molar-refractivity contribution in [2.24, 2.45) is 0 Å². The SMILES string of the molecule is Cc1cc(C)n(-c2ccc(C(=O)N[C@H](C)C(=O)O)cc2F)n1. The summed E-state index contributed by atoms with van der Waals surface area (Å²) in [5.74, 6) is -2.41. The molecular weight excluding hydrogens is 289 g/mol. The van der Waals surface area contributed by atoms with Crippen LogP contribution in [0.5, 0.6) is 0 Å². The fraction of sp³-hybridized carbons (Fsp3) is 0.267. The normalized spacial score (nSPS) is 12.0. The van der Waals surface area contributed by atoms with Crippen molar-refractivity contribution in [3.05, 3.63) is 47.0 Å². The molecule has 1 atom stereocenters. The standard InChI is InChI=1S/C15H16FN3O3/c1-8-6-9(2)19(18-8)13-5-4-11(7-12(13)16)14(20)17-10(3)15(21)22/h4-7,10H,1-3H3,(H,17,20)(H,21,22)/t10-/m1/s1. The van der Waals surface area contributed by atoms with Crippen molar-refractivity contribution in [2.75, 3.05) is 0 Å². The number of carboxylic acid groups (broad SMARTS) is 1. The van der Waals surface area contributed by atoms with Crippen LogP contribution >= 0.6 is 0 Å². The molecule has 22 heavy (non-hydrogen) atoms. The number of rotatable bonds is 4. The van der Waals surface area contributed by atoms with E-state index >= 15 is 0 Å². The Balaban J connectivity index is 2.28. The van der Waals surface area contributed by atoms with Crippen molar-refractivity contribution in [3.8, 4) is 5.69 Å². The molecule has 0 fully saturated rings. The van der Waals surface area contributed by atoms with E-state index in [9.17, 15) is 14.0 Å². The Hall–Kier alpha value is -2.70. The fourth-order valence-electron chi connectivity index (χ4n) is 2.03. The number of halogens is 1. The summed E-state index contributed by atoms with van der Waals surface area (Å²) in [6.07, 6.45) is 0. The van der Waals surface area contributed by atoms with Crippen molar-refractivity contribution >= 4 is 11.9 Å². The molecule has 6 nitrogen and oxygen atoms in total. The third kappa shape index (κ3) is 3.13. The second-order valence-corrected chi connectivity index (χ2v) is 5.04. The molecule has 1 heterocycles. The molecule has 7 heteroatoms. The van der Waals surface area contributed by atoms with Crippen LogP contribution in [0.2, 0.25) is 0 Å². The van der Waals surface area contributed by atoms with E-state index in [1.807, 2.05) is 6.07 Å². The van der Waals surface area contributed by atoms with E-state index in [-0.39, 0.29) is 11.3 Å². The fourth-order valence-corrected chi connectivity index (χ4v) is 2.03. The van der Waals surface area contributed by atoms with Crippen molar-refractivity contribution in [3.63, 3.8) is 0 Å². The van der Waals surface area contributed by atoms with Gasteiger partial charge in [-0.25, -0.2) is 9.07 Å². The summed E-state index contributed by atoms with van der Waals surface area (Å²) >= 11 is 0. The summed E-state index contributed by atoms with van der Waals surface area (Å²) in [6.45, 7) is 4.94. The highest BCUT2D eigenvalue weighted by Crippen LogP contribution is 2.17. The van der Waals surface area contributed by atoms with Gasteiger partial charge in [0.2, 0.25) is 0 Å². The Bertz CT molecular complexity index is 740. The molecule has 0 bridgehead atoms. The number of carbonyl (C=O) groups excluding carboxylic acids is 1. The number of nitrogens with zero attached hydrogens (tertiary/aromatic N) is 2. The van der Waals surface area contributed by atoms with Gasteiger partial charge in [-0.05, 0) is 45.0 Å². The number of aromatic nitrogens is 2. The zero-order chi connectivity index (χ0) is 16.4. The molecule has 0 radical (unpaired) electrons. The van der Waals surface area contributed by atoms with Crippen molar-refractivity contribution < 1.29 is 19.1 Å². The van der Waals surface area contributed by atoms with Crippen LogP contribution in [0.15, 0.2) is 24.3 Å². The molecule has 2 N–H and O–H groups in total.